The van der Waals surface area contributed by atoms with Gasteiger partial charge in [-0.15, -0.1) is 11.3 Å². The maximum atomic E-state index is 13.8. The normalized spacial score (nSPS) is 10.5. The standard InChI is InChI=1S/C16H12ClFN4OS/c1-9-20-14(16(24-9)21-11-3-2-6-19-8-11)15(23)22-13-7-10(17)4-5-12(13)18/h2-8,21H,1H3,(H,22,23). The van der Waals surface area contributed by atoms with Gasteiger partial charge >= 0.3 is 0 Å². The molecule has 0 unspecified atom stereocenters. The molecule has 2 N–H and O–H groups in total. The van der Waals surface area contributed by atoms with Crippen molar-refractivity contribution in [3.63, 3.8) is 0 Å². The topological polar surface area (TPSA) is 66.9 Å². The smallest absolute Gasteiger partial charge is 0.277 e. The lowest BCUT2D eigenvalue weighted by atomic mass is 10.3. The number of hydrogen-bond donors (Lipinski definition) is 2. The number of nitrogens with zero attached hydrogens (tertiary/aromatic N) is 2. The first-order valence-corrected chi connectivity index (χ1v) is 8.13. The summed E-state index contributed by atoms with van der Waals surface area (Å²) in [6.07, 6.45) is 3.28. The summed E-state index contributed by atoms with van der Waals surface area (Å²) in [4.78, 5) is 20.7. The molecule has 3 rings (SSSR count). The summed E-state index contributed by atoms with van der Waals surface area (Å²) in [5.74, 6) is -1.09. The van der Waals surface area contributed by atoms with Crippen LogP contribution in [0.3, 0.4) is 0 Å². The molecule has 0 aliphatic rings. The van der Waals surface area contributed by atoms with Gasteiger partial charge in [0.15, 0.2) is 5.69 Å². The van der Waals surface area contributed by atoms with Crippen LogP contribution in [0.15, 0.2) is 42.7 Å². The Morgan fingerprint density at radius 2 is 2.17 bits per heavy atom. The van der Waals surface area contributed by atoms with Crippen LogP contribution in [0.25, 0.3) is 0 Å². The Hall–Kier alpha value is -2.51. The van der Waals surface area contributed by atoms with Crippen molar-refractivity contribution in [2.24, 2.45) is 0 Å². The number of carbonyl (C=O) groups excluding carboxylic acids is 1. The third-order valence-corrected chi connectivity index (χ3v) is 4.17. The first kappa shape index (κ1) is 16.4. The van der Waals surface area contributed by atoms with Gasteiger partial charge in [0.1, 0.15) is 10.8 Å². The minimum absolute atomic E-state index is 0.00507. The molecule has 0 radical (unpaired) electrons. The second-order valence-corrected chi connectivity index (χ2v) is 6.50. The predicted molar refractivity (Wildman–Crippen MR) is 93.7 cm³/mol. The van der Waals surface area contributed by atoms with E-state index in [4.69, 9.17) is 11.6 Å². The number of nitrogens with one attached hydrogen (secondary N) is 2. The average Bonchev–Trinajstić information content (AvgIpc) is 2.92. The van der Waals surface area contributed by atoms with Gasteiger partial charge in [-0.2, -0.15) is 0 Å². The molecule has 0 aliphatic carbocycles. The molecule has 0 atom stereocenters. The Morgan fingerprint density at radius 3 is 2.92 bits per heavy atom. The van der Waals surface area contributed by atoms with E-state index < -0.39 is 11.7 Å². The molecule has 0 fully saturated rings. The Bertz CT molecular complexity index is 885. The fraction of sp³-hybridized carbons (Fsp3) is 0.0625. The summed E-state index contributed by atoms with van der Waals surface area (Å²) in [7, 11) is 0. The van der Waals surface area contributed by atoms with Crippen LogP contribution in [0.2, 0.25) is 5.02 Å². The predicted octanol–water partition coefficient (Wildman–Crippen LogP) is 4.63. The van der Waals surface area contributed by atoms with Crippen LogP contribution in [0.1, 0.15) is 15.5 Å². The van der Waals surface area contributed by atoms with E-state index in [9.17, 15) is 9.18 Å². The minimum atomic E-state index is -0.568. The van der Waals surface area contributed by atoms with Crippen molar-refractivity contribution in [3.05, 3.63) is 64.3 Å². The van der Waals surface area contributed by atoms with E-state index in [0.717, 1.165) is 5.69 Å². The summed E-state index contributed by atoms with van der Waals surface area (Å²) >= 11 is 7.16. The van der Waals surface area contributed by atoms with Gasteiger partial charge < -0.3 is 10.6 Å². The number of halogens is 2. The van der Waals surface area contributed by atoms with Gasteiger partial charge in [-0.1, -0.05) is 11.6 Å². The zero-order chi connectivity index (χ0) is 17.1. The van der Waals surface area contributed by atoms with E-state index in [1.807, 2.05) is 6.07 Å². The lowest BCUT2D eigenvalue weighted by Gasteiger charge is -2.08. The van der Waals surface area contributed by atoms with Crippen LogP contribution in [0, 0.1) is 12.7 Å². The van der Waals surface area contributed by atoms with Crippen molar-refractivity contribution in [2.45, 2.75) is 6.92 Å². The summed E-state index contributed by atoms with van der Waals surface area (Å²) in [6, 6.07) is 7.55. The van der Waals surface area contributed by atoms with Crippen LogP contribution < -0.4 is 10.6 Å². The fourth-order valence-corrected chi connectivity index (χ4v) is 3.02. The highest BCUT2D eigenvalue weighted by atomic mass is 35.5. The van der Waals surface area contributed by atoms with Gasteiger partial charge in [0, 0.05) is 11.2 Å². The number of pyridine rings is 1. The van der Waals surface area contributed by atoms with Gasteiger partial charge in [-0.25, -0.2) is 9.37 Å². The molecular formula is C16H12ClFN4OS. The average molecular weight is 363 g/mol. The van der Waals surface area contributed by atoms with Crippen molar-refractivity contribution in [3.8, 4) is 0 Å². The molecule has 24 heavy (non-hydrogen) atoms. The number of anilines is 3. The Labute approximate surface area is 146 Å². The molecule has 0 saturated heterocycles. The van der Waals surface area contributed by atoms with Crippen molar-refractivity contribution >= 4 is 45.2 Å². The maximum absolute atomic E-state index is 13.8. The van der Waals surface area contributed by atoms with Gasteiger partial charge in [-0.3, -0.25) is 9.78 Å². The molecule has 1 amide bonds. The third kappa shape index (κ3) is 3.69. The Morgan fingerprint density at radius 1 is 1.33 bits per heavy atom. The third-order valence-electron chi connectivity index (χ3n) is 3.05. The molecule has 0 saturated carbocycles. The van der Waals surface area contributed by atoms with Crippen LogP contribution >= 0.6 is 22.9 Å². The molecule has 1 aromatic carbocycles. The number of aromatic nitrogens is 2. The van der Waals surface area contributed by atoms with E-state index in [-0.39, 0.29) is 11.4 Å². The number of amides is 1. The fourth-order valence-electron chi connectivity index (χ4n) is 2.01. The van der Waals surface area contributed by atoms with Crippen LogP contribution in [0.4, 0.5) is 20.8 Å². The van der Waals surface area contributed by atoms with Gasteiger partial charge in [-0.05, 0) is 37.3 Å². The number of thiazole rings is 1. The number of aryl methyl sites for hydroxylation is 1. The molecule has 2 aromatic heterocycles. The molecule has 0 aliphatic heterocycles. The maximum Gasteiger partial charge on any atom is 0.277 e. The molecular weight excluding hydrogens is 351 g/mol. The van der Waals surface area contributed by atoms with Crippen LogP contribution in [0.5, 0.6) is 0 Å². The molecule has 5 nitrogen and oxygen atoms in total. The highest BCUT2D eigenvalue weighted by molar-refractivity contribution is 7.16. The molecule has 8 heteroatoms. The van der Waals surface area contributed by atoms with Gasteiger partial charge in [0.05, 0.1) is 22.6 Å². The first-order chi connectivity index (χ1) is 11.5. The lowest BCUT2D eigenvalue weighted by Crippen LogP contribution is -2.15. The van der Waals surface area contributed by atoms with Crippen molar-refractivity contribution < 1.29 is 9.18 Å². The quantitative estimate of drug-likeness (QED) is 0.709. The largest absolute Gasteiger partial charge is 0.344 e. The van der Waals surface area contributed by atoms with Crippen molar-refractivity contribution in [2.75, 3.05) is 10.6 Å². The number of carbonyl (C=O) groups is 1. The summed E-state index contributed by atoms with van der Waals surface area (Å²) in [5, 5.41) is 7.19. The van der Waals surface area contributed by atoms with Gasteiger partial charge in [0.25, 0.3) is 5.91 Å². The highest BCUT2D eigenvalue weighted by Gasteiger charge is 2.19. The summed E-state index contributed by atoms with van der Waals surface area (Å²) in [5.41, 5.74) is 0.912. The zero-order valence-electron chi connectivity index (χ0n) is 12.5. The number of benzene rings is 1. The SMILES string of the molecule is Cc1nc(C(=O)Nc2cc(Cl)ccc2F)c(Nc2cccnc2)s1. The van der Waals surface area contributed by atoms with E-state index >= 15 is 0 Å². The first-order valence-electron chi connectivity index (χ1n) is 6.94. The molecule has 2 heterocycles. The molecule has 122 valence electrons. The van der Waals surface area contributed by atoms with Gasteiger partial charge in [0.2, 0.25) is 0 Å². The highest BCUT2D eigenvalue weighted by Crippen LogP contribution is 2.29. The van der Waals surface area contributed by atoms with Crippen LogP contribution in [-0.2, 0) is 0 Å². The number of hydrogen-bond acceptors (Lipinski definition) is 5. The lowest BCUT2D eigenvalue weighted by molar-refractivity contribution is 0.102. The molecule has 0 spiro atoms. The van der Waals surface area contributed by atoms with E-state index in [1.165, 1.54) is 29.5 Å². The minimum Gasteiger partial charge on any atom is -0.344 e. The monoisotopic (exact) mass is 362 g/mol. The second kappa shape index (κ2) is 6.94. The Kier molecular flexibility index (Phi) is 4.73. The van der Waals surface area contributed by atoms with Crippen molar-refractivity contribution in [1.82, 2.24) is 9.97 Å². The number of rotatable bonds is 4. The van der Waals surface area contributed by atoms with E-state index in [1.54, 1.807) is 25.4 Å². The van der Waals surface area contributed by atoms with E-state index in [2.05, 4.69) is 20.6 Å². The summed E-state index contributed by atoms with van der Waals surface area (Å²) in [6.45, 7) is 1.79. The van der Waals surface area contributed by atoms with E-state index in [0.29, 0.717) is 15.0 Å². The summed E-state index contributed by atoms with van der Waals surface area (Å²) < 4.78 is 13.8. The second-order valence-electron chi connectivity index (χ2n) is 4.86. The molecule has 0 bridgehead atoms. The zero-order valence-corrected chi connectivity index (χ0v) is 14.1. The Balaban J connectivity index is 1.86. The van der Waals surface area contributed by atoms with Crippen LogP contribution in [-0.4, -0.2) is 15.9 Å². The van der Waals surface area contributed by atoms with Crippen molar-refractivity contribution in [1.29, 1.82) is 0 Å². The molecule has 3 aromatic rings.